The topological polar surface area (TPSA) is 26.5 Å². The molecule has 0 bridgehead atoms. The van der Waals surface area contributed by atoms with Gasteiger partial charge in [-0.3, -0.25) is 0 Å². The third-order valence-electron chi connectivity index (χ3n) is 4.94. The van der Waals surface area contributed by atoms with Gasteiger partial charge in [0.2, 0.25) is 0 Å². The van der Waals surface area contributed by atoms with Crippen LogP contribution in [0.3, 0.4) is 0 Å². The lowest BCUT2D eigenvalue weighted by Crippen LogP contribution is -2.48. The smallest absolute Gasteiger partial charge is 0.311 e. The number of amidine groups is 1. The molecule has 0 spiro atoms. The van der Waals surface area contributed by atoms with Gasteiger partial charge in [0.05, 0.1) is 13.1 Å². The molecule has 2 aromatic carbocycles. The molecule has 2 aliphatic rings. The zero-order valence-electron chi connectivity index (χ0n) is 14.1. The van der Waals surface area contributed by atoms with Crippen molar-refractivity contribution in [2.75, 3.05) is 25.4 Å². The van der Waals surface area contributed by atoms with E-state index in [-0.39, 0.29) is 0 Å². The van der Waals surface area contributed by atoms with Crippen LogP contribution < -0.4 is 0 Å². The van der Waals surface area contributed by atoms with Crippen LogP contribution in [0.1, 0.15) is 17.5 Å². The summed E-state index contributed by atoms with van der Waals surface area (Å²) in [5, 5.41) is 12.8. The van der Waals surface area contributed by atoms with Crippen LogP contribution in [0.4, 0.5) is 0 Å². The molecule has 4 rings (SSSR count). The number of nitrogens with zero attached hydrogens (tertiary/aromatic N) is 2. The third-order valence-corrected chi connectivity index (χ3v) is 6.69. The Bertz CT molecular complexity index is 778. The second kappa shape index (κ2) is 7.14. The van der Waals surface area contributed by atoms with Crippen molar-refractivity contribution in [3.05, 3.63) is 70.2 Å². The quantitative estimate of drug-likeness (QED) is 0.768. The monoisotopic (exact) mass is 417 g/mol. The minimum atomic E-state index is -0.930. The van der Waals surface area contributed by atoms with E-state index in [0.717, 1.165) is 41.7 Å². The van der Waals surface area contributed by atoms with Gasteiger partial charge in [-0.2, -0.15) is 0 Å². The molecule has 0 radical (unpaired) electrons. The highest BCUT2D eigenvalue weighted by Crippen LogP contribution is 2.37. The molecule has 2 heterocycles. The first-order chi connectivity index (χ1) is 12.2. The highest BCUT2D eigenvalue weighted by molar-refractivity contribution is 9.10. The summed E-state index contributed by atoms with van der Waals surface area (Å²) in [6.07, 6.45) is 2.11. The number of hydrogen-bond donors (Lipinski definition) is 1. The summed E-state index contributed by atoms with van der Waals surface area (Å²) in [6, 6.07) is 18.7. The van der Waals surface area contributed by atoms with Crippen LogP contribution in [0.5, 0.6) is 0 Å². The molecule has 25 heavy (non-hydrogen) atoms. The van der Waals surface area contributed by atoms with E-state index in [1.807, 2.05) is 36.0 Å². The second-order valence-corrected chi connectivity index (χ2v) is 8.59. The molecule has 130 valence electrons. The van der Waals surface area contributed by atoms with Gasteiger partial charge in [0, 0.05) is 22.2 Å². The fourth-order valence-electron chi connectivity index (χ4n) is 3.63. The number of aliphatic hydroxyl groups is 1. The molecule has 3 nitrogen and oxygen atoms in total. The van der Waals surface area contributed by atoms with Crippen molar-refractivity contribution >= 4 is 32.9 Å². The van der Waals surface area contributed by atoms with Gasteiger partial charge in [-0.05, 0) is 35.9 Å². The lowest BCUT2D eigenvalue weighted by Gasteiger charge is -2.30. The van der Waals surface area contributed by atoms with Crippen LogP contribution in [0.2, 0.25) is 0 Å². The van der Waals surface area contributed by atoms with Gasteiger partial charge in [0.15, 0.2) is 6.54 Å². The Kier molecular flexibility index (Phi) is 4.89. The lowest BCUT2D eigenvalue weighted by molar-refractivity contribution is -0.531. The van der Waals surface area contributed by atoms with E-state index in [1.165, 1.54) is 10.7 Å². The number of thioether (sulfide) groups is 1. The number of halogens is 1. The summed E-state index contributed by atoms with van der Waals surface area (Å²) >= 11 is 5.36. The molecule has 5 heteroatoms. The third kappa shape index (κ3) is 3.37. The van der Waals surface area contributed by atoms with Gasteiger partial charge >= 0.3 is 5.17 Å². The number of fused-ring (bicyclic) bond motifs is 1. The van der Waals surface area contributed by atoms with Crippen LogP contribution in [-0.4, -0.2) is 45.1 Å². The van der Waals surface area contributed by atoms with Crippen molar-refractivity contribution in [2.45, 2.75) is 18.6 Å². The Labute approximate surface area is 161 Å². The number of β-amino-alcohol motifs (C(OH)–C–C–N with tert-alkyl or cyclic N) is 1. The number of benzene rings is 2. The first-order valence-corrected chi connectivity index (χ1v) is 10.5. The summed E-state index contributed by atoms with van der Waals surface area (Å²) < 4.78 is 3.40. The lowest BCUT2D eigenvalue weighted by atomic mass is 10.0. The number of rotatable bonds is 4. The summed E-state index contributed by atoms with van der Waals surface area (Å²) in [6.45, 7) is 2.47. The highest BCUT2D eigenvalue weighted by atomic mass is 79.9. The maximum Gasteiger partial charge on any atom is 0.311 e. The fraction of sp³-hybridized carbons (Fsp3) is 0.350. The Balaban J connectivity index is 1.59. The molecule has 0 saturated carbocycles. The Morgan fingerprint density at radius 1 is 1.12 bits per heavy atom. The van der Waals surface area contributed by atoms with Gasteiger partial charge in [-0.1, -0.05) is 58.4 Å². The first kappa shape index (κ1) is 17.1. The molecule has 1 N–H and O–H groups in total. The normalized spacial score (nSPS) is 23.0. The molecule has 0 aliphatic carbocycles. The van der Waals surface area contributed by atoms with Crippen molar-refractivity contribution in [2.24, 2.45) is 0 Å². The molecule has 1 fully saturated rings. The molecule has 2 aromatic rings. The van der Waals surface area contributed by atoms with Gasteiger partial charge < -0.3 is 5.11 Å². The zero-order valence-corrected chi connectivity index (χ0v) is 16.5. The Morgan fingerprint density at radius 3 is 2.64 bits per heavy atom. The average molecular weight is 418 g/mol. The van der Waals surface area contributed by atoms with Crippen LogP contribution in [0, 0.1) is 0 Å². The molecule has 1 unspecified atom stereocenters. The largest absolute Gasteiger partial charge is 0.346 e. The minimum absolute atomic E-state index is 0.629. The van der Waals surface area contributed by atoms with Crippen molar-refractivity contribution in [1.82, 2.24) is 4.90 Å². The van der Waals surface area contributed by atoms with Crippen molar-refractivity contribution in [3.8, 4) is 0 Å². The summed E-state index contributed by atoms with van der Waals surface area (Å²) in [7, 11) is 0. The van der Waals surface area contributed by atoms with Crippen LogP contribution in [-0.2, 0) is 12.1 Å². The van der Waals surface area contributed by atoms with Gasteiger partial charge in [0.25, 0.3) is 5.72 Å². The van der Waals surface area contributed by atoms with Crippen molar-refractivity contribution in [1.29, 1.82) is 0 Å². The van der Waals surface area contributed by atoms with Crippen molar-refractivity contribution < 1.29 is 9.68 Å². The average Bonchev–Trinajstić information content (AvgIpc) is 2.95. The fourth-order valence-corrected chi connectivity index (χ4v) is 5.09. The van der Waals surface area contributed by atoms with Crippen LogP contribution in [0.25, 0.3) is 0 Å². The molecular formula is C20H22BrN2OS+. The van der Waals surface area contributed by atoms with E-state index in [2.05, 4.69) is 55.7 Å². The summed E-state index contributed by atoms with van der Waals surface area (Å²) in [4.78, 5) is 2.20. The maximum atomic E-state index is 11.6. The van der Waals surface area contributed by atoms with E-state index in [1.54, 1.807) is 0 Å². The molecule has 1 saturated heterocycles. The summed E-state index contributed by atoms with van der Waals surface area (Å²) in [5.74, 6) is 1.13. The second-order valence-electron chi connectivity index (χ2n) is 6.62. The Morgan fingerprint density at radius 2 is 1.88 bits per heavy atom. The van der Waals surface area contributed by atoms with E-state index in [0.29, 0.717) is 6.54 Å². The Hall–Kier alpha value is -1.30. The molecule has 0 amide bonds. The summed E-state index contributed by atoms with van der Waals surface area (Å²) in [5.41, 5.74) is 1.38. The molecule has 2 aliphatic heterocycles. The van der Waals surface area contributed by atoms with E-state index < -0.39 is 5.72 Å². The standard InChI is InChI=1S/C20H22BrN2OS/c21-18-9-7-17(8-10-18)20(24)15-22(19-23(20)12-4-14-25-19)13-11-16-5-2-1-3-6-16/h1-3,5-10,24H,4,11-15H2/q+1. The van der Waals surface area contributed by atoms with Crippen LogP contribution >= 0.6 is 27.7 Å². The molecule has 1 atom stereocenters. The van der Waals surface area contributed by atoms with Gasteiger partial charge in [-0.25, -0.2) is 9.48 Å². The first-order valence-electron chi connectivity index (χ1n) is 8.71. The molecular weight excluding hydrogens is 396 g/mol. The maximum absolute atomic E-state index is 11.6. The van der Waals surface area contributed by atoms with E-state index >= 15 is 0 Å². The van der Waals surface area contributed by atoms with Crippen molar-refractivity contribution in [3.63, 3.8) is 0 Å². The highest BCUT2D eigenvalue weighted by Gasteiger charge is 2.53. The van der Waals surface area contributed by atoms with Crippen LogP contribution in [0.15, 0.2) is 59.1 Å². The van der Waals surface area contributed by atoms with E-state index in [4.69, 9.17) is 0 Å². The SMILES string of the molecule is OC1(c2ccc(Br)cc2)C[N+](CCc2ccccc2)=C2SCCCN21. The number of hydrogen-bond acceptors (Lipinski definition) is 3. The molecule has 0 aromatic heterocycles. The predicted molar refractivity (Wildman–Crippen MR) is 107 cm³/mol. The van der Waals surface area contributed by atoms with Gasteiger partial charge in [0.1, 0.15) is 0 Å². The predicted octanol–water partition coefficient (Wildman–Crippen LogP) is 3.66. The minimum Gasteiger partial charge on any atom is -0.346 e. The van der Waals surface area contributed by atoms with Gasteiger partial charge in [-0.15, -0.1) is 0 Å². The zero-order chi connectivity index (χ0) is 17.3. The van der Waals surface area contributed by atoms with E-state index in [9.17, 15) is 5.11 Å².